The highest BCUT2D eigenvalue weighted by Gasteiger charge is 2.20. The highest BCUT2D eigenvalue weighted by Crippen LogP contribution is 2.21. The van der Waals surface area contributed by atoms with Crippen molar-refractivity contribution in [2.75, 3.05) is 40.3 Å². The molecule has 1 N–H and O–H groups in total. The van der Waals surface area contributed by atoms with Crippen LogP contribution in [0.15, 0.2) is 24.3 Å². The van der Waals surface area contributed by atoms with Crippen molar-refractivity contribution in [3.05, 3.63) is 34.9 Å². The van der Waals surface area contributed by atoms with Gasteiger partial charge in [-0.2, -0.15) is 0 Å². The molecule has 112 valence electrons. The van der Waals surface area contributed by atoms with Crippen molar-refractivity contribution in [1.29, 1.82) is 0 Å². The van der Waals surface area contributed by atoms with E-state index in [9.17, 15) is 5.11 Å². The van der Waals surface area contributed by atoms with Gasteiger partial charge in [-0.15, -0.1) is 0 Å². The van der Waals surface area contributed by atoms with Gasteiger partial charge in [0.25, 0.3) is 0 Å². The summed E-state index contributed by atoms with van der Waals surface area (Å²) in [4.78, 5) is 4.72. The number of likely N-dealkylation sites (tertiary alicyclic amines) is 1. The van der Waals surface area contributed by atoms with Gasteiger partial charge in [0.1, 0.15) is 0 Å². The lowest BCUT2D eigenvalue weighted by Crippen LogP contribution is -2.29. The molecular formula is C16H25ClN2O. The fraction of sp³-hybridized carbons (Fsp3) is 0.625. The van der Waals surface area contributed by atoms with E-state index in [1.165, 1.54) is 19.5 Å². The van der Waals surface area contributed by atoms with Crippen LogP contribution in [0.4, 0.5) is 0 Å². The fourth-order valence-electron chi connectivity index (χ4n) is 2.93. The van der Waals surface area contributed by atoms with Crippen molar-refractivity contribution >= 4 is 11.6 Å². The molecule has 0 aliphatic carbocycles. The van der Waals surface area contributed by atoms with E-state index in [0.29, 0.717) is 5.02 Å². The summed E-state index contributed by atoms with van der Waals surface area (Å²) >= 11 is 5.95. The van der Waals surface area contributed by atoms with Gasteiger partial charge in [-0.1, -0.05) is 23.7 Å². The van der Waals surface area contributed by atoms with Crippen molar-refractivity contribution in [3.63, 3.8) is 0 Å². The van der Waals surface area contributed by atoms with Gasteiger partial charge in [0, 0.05) is 24.7 Å². The minimum Gasteiger partial charge on any atom is -0.388 e. The van der Waals surface area contributed by atoms with E-state index in [1.54, 1.807) is 0 Å². The average Bonchev–Trinajstić information content (AvgIpc) is 2.81. The Kier molecular flexibility index (Phi) is 5.85. The summed E-state index contributed by atoms with van der Waals surface area (Å²) in [5.74, 6) is 0.772. The van der Waals surface area contributed by atoms with E-state index in [0.717, 1.165) is 31.0 Å². The molecule has 2 atom stereocenters. The molecular weight excluding hydrogens is 272 g/mol. The molecule has 0 aromatic heterocycles. The number of aliphatic hydroxyl groups excluding tert-OH is 1. The minimum atomic E-state index is -0.428. The molecule has 1 aliphatic rings. The van der Waals surface area contributed by atoms with E-state index < -0.39 is 6.10 Å². The van der Waals surface area contributed by atoms with Gasteiger partial charge >= 0.3 is 0 Å². The molecule has 1 fully saturated rings. The van der Waals surface area contributed by atoms with Crippen LogP contribution < -0.4 is 0 Å². The molecule has 0 amide bonds. The number of nitrogens with zero attached hydrogens (tertiary/aromatic N) is 2. The van der Waals surface area contributed by atoms with Crippen LogP contribution >= 0.6 is 11.6 Å². The Labute approximate surface area is 127 Å². The van der Waals surface area contributed by atoms with Crippen molar-refractivity contribution in [2.24, 2.45) is 5.92 Å². The number of rotatable bonds is 6. The Morgan fingerprint density at radius 3 is 2.95 bits per heavy atom. The third-order valence-electron chi connectivity index (χ3n) is 4.08. The maximum Gasteiger partial charge on any atom is 0.0802 e. The van der Waals surface area contributed by atoms with Crippen LogP contribution in [0.25, 0.3) is 0 Å². The smallest absolute Gasteiger partial charge is 0.0802 e. The molecule has 0 saturated carbocycles. The van der Waals surface area contributed by atoms with E-state index >= 15 is 0 Å². The van der Waals surface area contributed by atoms with E-state index in [4.69, 9.17) is 11.6 Å². The number of hydrogen-bond acceptors (Lipinski definition) is 3. The summed E-state index contributed by atoms with van der Waals surface area (Å²) in [6, 6.07) is 7.50. The zero-order chi connectivity index (χ0) is 14.5. The Morgan fingerprint density at radius 2 is 2.30 bits per heavy atom. The van der Waals surface area contributed by atoms with Gasteiger partial charge in [0.2, 0.25) is 0 Å². The zero-order valence-electron chi connectivity index (χ0n) is 12.4. The number of halogens is 1. The number of hydrogen-bond donors (Lipinski definition) is 1. The maximum absolute atomic E-state index is 10.2. The molecule has 3 nitrogen and oxygen atoms in total. The Balaban J connectivity index is 1.74. The number of benzene rings is 1. The van der Waals surface area contributed by atoms with Crippen LogP contribution in [0, 0.1) is 5.92 Å². The standard InChI is InChI=1S/C16H25ClN2O/c1-18-8-6-13(11-18)12-19(2)9-7-16(20)14-4-3-5-15(17)10-14/h3-5,10,13,16,20H,6-9,11-12H2,1-2H3. The molecule has 0 bridgehead atoms. The normalized spacial score (nSPS) is 21.6. The quantitative estimate of drug-likeness (QED) is 0.874. The lowest BCUT2D eigenvalue weighted by Gasteiger charge is -2.22. The predicted molar refractivity (Wildman–Crippen MR) is 84.1 cm³/mol. The lowest BCUT2D eigenvalue weighted by atomic mass is 10.1. The van der Waals surface area contributed by atoms with Crippen molar-refractivity contribution in [1.82, 2.24) is 9.80 Å². The molecule has 1 heterocycles. The van der Waals surface area contributed by atoms with Gasteiger partial charge in [-0.05, 0) is 57.1 Å². The van der Waals surface area contributed by atoms with E-state index in [2.05, 4.69) is 23.9 Å². The first-order chi connectivity index (χ1) is 9.54. The van der Waals surface area contributed by atoms with Crippen molar-refractivity contribution < 1.29 is 5.11 Å². The molecule has 2 rings (SSSR count). The summed E-state index contributed by atoms with van der Waals surface area (Å²) < 4.78 is 0. The summed E-state index contributed by atoms with van der Waals surface area (Å²) in [5.41, 5.74) is 0.909. The maximum atomic E-state index is 10.2. The third-order valence-corrected chi connectivity index (χ3v) is 4.31. The molecule has 1 aliphatic heterocycles. The second-order valence-corrected chi connectivity index (χ2v) is 6.48. The summed E-state index contributed by atoms with van der Waals surface area (Å²) in [6.45, 7) is 4.44. The molecule has 2 unspecified atom stereocenters. The lowest BCUT2D eigenvalue weighted by molar-refractivity contribution is 0.144. The molecule has 0 radical (unpaired) electrons. The summed E-state index contributed by atoms with van der Waals surface area (Å²) in [6.07, 6.45) is 1.61. The van der Waals surface area contributed by atoms with Crippen LogP contribution in [0.2, 0.25) is 5.02 Å². The van der Waals surface area contributed by atoms with Crippen LogP contribution in [0.1, 0.15) is 24.5 Å². The molecule has 1 aromatic rings. The molecule has 1 saturated heterocycles. The predicted octanol–water partition coefficient (Wildman–Crippen LogP) is 2.65. The SMILES string of the molecule is CN1CCC(CN(C)CCC(O)c2cccc(Cl)c2)C1. The highest BCUT2D eigenvalue weighted by molar-refractivity contribution is 6.30. The van der Waals surface area contributed by atoms with E-state index in [-0.39, 0.29) is 0 Å². The van der Waals surface area contributed by atoms with Gasteiger partial charge in [-0.25, -0.2) is 0 Å². The second kappa shape index (κ2) is 7.41. The fourth-order valence-corrected chi connectivity index (χ4v) is 3.13. The first-order valence-electron chi connectivity index (χ1n) is 7.35. The summed E-state index contributed by atoms with van der Waals surface area (Å²) in [7, 11) is 4.33. The van der Waals surface area contributed by atoms with Crippen molar-refractivity contribution in [2.45, 2.75) is 18.9 Å². The Morgan fingerprint density at radius 1 is 1.50 bits per heavy atom. The Bertz CT molecular complexity index is 427. The van der Waals surface area contributed by atoms with Gasteiger partial charge in [0.15, 0.2) is 0 Å². The van der Waals surface area contributed by atoms with Gasteiger partial charge < -0.3 is 14.9 Å². The van der Waals surface area contributed by atoms with Gasteiger partial charge in [-0.3, -0.25) is 0 Å². The largest absolute Gasteiger partial charge is 0.388 e. The van der Waals surface area contributed by atoms with Crippen LogP contribution in [-0.4, -0.2) is 55.2 Å². The Hall–Kier alpha value is -0.610. The first-order valence-corrected chi connectivity index (χ1v) is 7.73. The highest BCUT2D eigenvalue weighted by atomic mass is 35.5. The number of aliphatic hydroxyl groups is 1. The third kappa shape index (κ3) is 4.74. The van der Waals surface area contributed by atoms with Crippen LogP contribution in [-0.2, 0) is 0 Å². The van der Waals surface area contributed by atoms with Crippen LogP contribution in [0.3, 0.4) is 0 Å². The van der Waals surface area contributed by atoms with Crippen molar-refractivity contribution in [3.8, 4) is 0 Å². The van der Waals surface area contributed by atoms with Crippen LogP contribution in [0.5, 0.6) is 0 Å². The minimum absolute atomic E-state index is 0.428. The van der Waals surface area contributed by atoms with E-state index in [1.807, 2.05) is 24.3 Å². The second-order valence-electron chi connectivity index (χ2n) is 6.04. The summed E-state index contributed by atoms with van der Waals surface area (Å²) in [5, 5.41) is 10.9. The average molecular weight is 297 g/mol. The first kappa shape index (κ1) is 15.8. The molecule has 0 spiro atoms. The molecule has 1 aromatic carbocycles. The molecule has 20 heavy (non-hydrogen) atoms. The van der Waals surface area contributed by atoms with Gasteiger partial charge in [0.05, 0.1) is 6.10 Å². The molecule has 4 heteroatoms. The topological polar surface area (TPSA) is 26.7 Å². The zero-order valence-corrected chi connectivity index (χ0v) is 13.2. The monoisotopic (exact) mass is 296 g/mol.